The molecule has 2 heterocycles. The molecule has 7 nitrogen and oxygen atoms in total. The van der Waals surface area contributed by atoms with Crippen LogP contribution in [0, 0.1) is 6.92 Å². The van der Waals surface area contributed by atoms with Gasteiger partial charge in [-0.1, -0.05) is 89.3 Å². The van der Waals surface area contributed by atoms with Crippen LogP contribution < -0.4 is 5.32 Å². The second-order valence-corrected chi connectivity index (χ2v) is 9.85. The molecule has 174 valence electrons. The van der Waals surface area contributed by atoms with Crippen molar-refractivity contribution in [2.24, 2.45) is 0 Å². The average molecular weight is 499 g/mol. The molecule has 0 fully saturated rings. The van der Waals surface area contributed by atoms with E-state index in [1.807, 2.05) is 79.7 Å². The van der Waals surface area contributed by atoms with Gasteiger partial charge in [0.2, 0.25) is 5.01 Å². The molecule has 1 amide bonds. The van der Waals surface area contributed by atoms with Gasteiger partial charge in [0.05, 0.1) is 5.75 Å². The minimum Gasteiger partial charge on any atom is -0.320 e. The number of nitrogens with zero attached hydrogens (tertiary/aromatic N) is 5. The number of thioether (sulfide) groups is 1. The van der Waals surface area contributed by atoms with Gasteiger partial charge in [0.1, 0.15) is 10.8 Å². The van der Waals surface area contributed by atoms with E-state index in [1.54, 1.807) is 0 Å². The molecule has 5 aromatic rings. The lowest BCUT2D eigenvalue weighted by Crippen LogP contribution is -2.11. The van der Waals surface area contributed by atoms with Crippen molar-refractivity contribution in [1.29, 1.82) is 0 Å². The Morgan fingerprint density at radius 1 is 0.886 bits per heavy atom. The lowest BCUT2D eigenvalue weighted by molar-refractivity contribution is 0.102. The number of para-hydroxylation sites is 1. The van der Waals surface area contributed by atoms with Crippen LogP contribution in [0.3, 0.4) is 0 Å². The zero-order valence-electron chi connectivity index (χ0n) is 19.0. The van der Waals surface area contributed by atoms with E-state index in [0.29, 0.717) is 17.2 Å². The van der Waals surface area contributed by atoms with E-state index in [1.165, 1.54) is 28.7 Å². The molecule has 5 rings (SSSR count). The van der Waals surface area contributed by atoms with Crippen LogP contribution >= 0.6 is 23.1 Å². The highest BCUT2D eigenvalue weighted by Gasteiger charge is 2.17. The number of aromatic nitrogens is 5. The van der Waals surface area contributed by atoms with E-state index >= 15 is 0 Å². The second-order valence-electron chi connectivity index (χ2n) is 7.84. The summed E-state index contributed by atoms with van der Waals surface area (Å²) >= 11 is 2.80. The SMILES string of the molecule is Cc1ccc(NC(=O)c2nnc(CSc3nnc(Cc4ccccc4)n3-c3ccccc3)s2)cc1. The molecule has 0 radical (unpaired) electrons. The third kappa shape index (κ3) is 5.64. The molecule has 35 heavy (non-hydrogen) atoms. The minimum absolute atomic E-state index is 0.264. The normalized spacial score (nSPS) is 10.9. The van der Waals surface area contributed by atoms with E-state index in [9.17, 15) is 4.79 Å². The fourth-order valence-corrected chi connectivity index (χ4v) is 5.17. The summed E-state index contributed by atoms with van der Waals surface area (Å²) in [5, 5.41) is 21.9. The van der Waals surface area contributed by atoms with Crippen LogP contribution in [0.25, 0.3) is 5.69 Å². The van der Waals surface area contributed by atoms with Crippen LogP contribution in [-0.2, 0) is 12.2 Å². The Kier molecular flexibility index (Phi) is 6.97. The van der Waals surface area contributed by atoms with Crippen molar-refractivity contribution < 1.29 is 4.79 Å². The van der Waals surface area contributed by atoms with Gasteiger partial charge in [-0.3, -0.25) is 9.36 Å². The van der Waals surface area contributed by atoms with Crippen LogP contribution in [-0.4, -0.2) is 30.9 Å². The first kappa shape index (κ1) is 22.9. The molecule has 0 spiro atoms. The lowest BCUT2D eigenvalue weighted by Gasteiger charge is -2.10. The molecule has 9 heteroatoms. The largest absolute Gasteiger partial charge is 0.320 e. The van der Waals surface area contributed by atoms with Gasteiger partial charge in [-0.05, 0) is 36.8 Å². The van der Waals surface area contributed by atoms with Crippen molar-refractivity contribution >= 4 is 34.7 Å². The molecular weight excluding hydrogens is 476 g/mol. The van der Waals surface area contributed by atoms with Crippen molar-refractivity contribution in [3.8, 4) is 5.69 Å². The summed E-state index contributed by atoms with van der Waals surface area (Å²) in [5.74, 6) is 1.13. The molecule has 1 N–H and O–H groups in total. The number of hydrogen-bond donors (Lipinski definition) is 1. The highest BCUT2D eigenvalue weighted by Crippen LogP contribution is 2.27. The smallest absolute Gasteiger partial charge is 0.286 e. The summed E-state index contributed by atoms with van der Waals surface area (Å²) in [7, 11) is 0. The number of aryl methyl sites for hydroxylation is 1. The number of hydrogen-bond acceptors (Lipinski definition) is 7. The van der Waals surface area contributed by atoms with Crippen LogP contribution in [0.4, 0.5) is 5.69 Å². The van der Waals surface area contributed by atoms with Gasteiger partial charge < -0.3 is 5.32 Å². The first-order chi connectivity index (χ1) is 17.2. The fourth-order valence-electron chi connectivity index (χ4n) is 3.47. The summed E-state index contributed by atoms with van der Waals surface area (Å²) in [5.41, 5.74) is 4.03. The minimum atomic E-state index is -0.264. The zero-order chi connectivity index (χ0) is 24.0. The number of carbonyl (C=O) groups excluding carboxylic acids is 1. The Bertz CT molecular complexity index is 1420. The number of nitrogens with one attached hydrogen (secondary N) is 1. The van der Waals surface area contributed by atoms with Gasteiger partial charge in [-0.2, -0.15) is 0 Å². The quantitative estimate of drug-likeness (QED) is 0.282. The van der Waals surface area contributed by atoms with Crippen LogP contribution in [0.2, 0.25) is 0 Å². The molecule has 0 aliphatic carbocycles. The number of benzene rings is 3. The number of amides is 1. The van der Waals surface area contributed by atoms with Gasteiger partial charge in [0.25, 0.3) is 5.91 Å². The topological polar surface area (TPSA) is 85.6 Å². The number of carbonyl (C=O) groups is 1. The number of rotatable bonds is 8. The molecule has 0 aliphatic rings. The van der Waals surface area contributed by atoms with Crippen LogP contribution in [0.15, 0.2) is 90.1 Å². The molecular formula is C26H22N6OS2. The first-order valence-electron chi connectivity index (χ1n) is 11.0. The first-order valence-corrected chi connectivity index (χ1v) is 12.8. The monoisotopic (exact) mass is 498 g/mol. The summed E-state index contributed by atoms with van der Waals surface area (Å²) in [6.45, 7) is 2.00. The van der Waals surface area contributed by atoms with E-state index in [2.05, 4.69) is 42.4 Å². The van der Waals surface area contributed by atoms with Gasteiger partial charge in [0.15, 0.2) is 5.16 Å². The van der Waals surface area contributed by atoms with Gasteiger partial charge in [0, 0.05) is 17.8 Å². The third-order valence-corrected chi connectivity index (χ3v) is 7.26. The van der Waals surface area contributed by atoms with E-state index in [0.717, 1.165) is 32.9 Å². The third-order valence-electron chi connectivity index (χ3n) is 5.22. The Labute approximate surface area is 211 Å². The molecule has 0 saturated heterocycles. The van der Waals surface area contributed by atoms with Crippen molar-refractivity contribution in [2.45, 2.75) is 24.3 Å². The zero-order valence-corrected chi connectivity index (χ0v) is 20.6. The van der Waals surface area contributed by atoms with Crippen molar-refractivity contribution in [1.82, 2.24) is 25.0 Å². The van der Waals surface area contributed by atoms with E-state index in [-0.39, 0.29) is 5.91 Å². The maximum absolute atomic E-state index is 12.6. The molecule has 0 unspecified atom stereocenters. The Morgan fingerprint density at radius 2 is 1.60 bits per heavy atom. The molecule has 2 aromatic heterocycles. The number of anilines is 1. The average Bonchev–Trinajstić information content (AvgIpc) is 3.52. The highest BCUT2D eigenvalue weighted by molar-refractivity contribution is 7.98. The highest BCUT2D eigenvalue weighted by atomic mass is 32.2. The van der Waals surface area contributed by atoms with E-state index in [4.69, 9.17) is 0 Å². The van der Waals surface area contributed by atoms with Crippen molar-refractivity contribution in [2.75, 3.05) is 5.32 Å². The Balaban J connectivity index is 1.31. The summed E-state index contributed by atoms with van der Waals surface area (Å²) in [6.07, 6.45) is 0.672. The standard InChI is InChI=1S/C26H22N6OS2/c1-18-12-14-20(15-13-18)27-24(33)25-30-29-23(35-25)17-34-26-31-28-22(16-19-8-4-2-5-9-19)32(26)21-10-6-3-7-11-21/h2-15H,16-17H2,1H3,(H,27,33). The van der Waals surface area contributed by atoms with Gasteiger partial charge >= 0.3 is 0 Å². The predicted molar refractivity (Wildman–Crippen MR) is 139 cm³/mol. The molecule has 0 aliphatic heterocycles. The molecule has 0 atom stereocenters. The summed E-state index contributed by atoms with van der Waals surface area (Å²) in [6, 6.07) is 27.9. The van der Waals surface area contributed by atoms with Crippen molar-refractivity contribution in [3.63, 3.8) is 0 Å². The molecule has 3 aromatic carbocycles. The maximum atomic E-state index is 12.6. The van der Waals surface area contributed by atoms with Gasteiger partial charge in [-0.15, -0.1) is 20.4 Å². The Morgan fingerprint density at radius 3 is 2.34 bits per heavy atom. The Hall–Kier alpha value is -3.82. The lowest BCUT2D eigenvalue weighted by atomic mass is 10.1. The molecule has 0 saturated carbocycles. The summed E-state index contributed by atoms with van der Waals surface area (Å²) < 4.78 is 2.07. The maximum Gasteiger partial charge on any atom is 0.286 e. The van der Waals surface area contributed by atoms with Crippen molar-refractivity contribution in [3.05, 3.63) is 112 Å². The van der Waals surface area contributed by atoms with Crippen LogP contribution in [0.5, 0.6) is 0 Å². The fraction of sp³-hybridized carbons (Fsp3) is 0.115. The predicted octanol–water partition coefficient (Wildman–Crippen LogP) is 5.56. The second kappa shape index (κ2) is 10.6. The molecule has 0 bridgehead atoms. The van der Waals surface area contributed by atoms with Crippen LogP contribution in [0.1, 0.15) is 31.8 Å². The van der Waals surface area contributed by atoms with Gasteiger partial charge in [-0.25, -0.2) is 0 Å². The summed E-state index contributed by atoms with van der Waals surface area (Å²) in [4.78, 5) is 12.6. The van der Waals surface area contributed by atoms with E-state index < -0.39 is 0 Å².